The Balaban J connectivity index is 1.62. The fourth-order valence-corrected chi connectivity index (χ4v) is 5.11. The highest BCUT2D eigenvalue weighted by Gasteiger charge is 2.51. The summed E-state index contributed by atoms with van der Waals surface area (Å²) in [6.07, 6.45) is -16.9. The maximum absolute atomic E-state index is 13.9. The number of benzene rings is 2. The lowest BCUT2D eigenvalue weighted by Gasteiger charge is -2.45. The summed E-state index contributed by atoms with van der Waals surface area (Å²) in [6.45, 7) is 1.85. The van der Waals surface area contributed by atoms with Crippen LogP contribution in [-0.2, 0) is 23.7 Å². The smallest absolute Gasteiger partial charge is 0.302 e. The van der Waals surface area contributed by atoms with Crippen LogP contribution in [0.25, 0.3) is 22.3 Å². The molecule has 17 heteroatoms. The van der Waals surface area contributed by atoms with Crippen molar-refractivity contribution >= 4 is 16.9 Å². The monoisotopic (exact) mass is 652 g/mol. The van der Waals surface area contributed by atoms with E-state index in [0.717, 1.165) is 31.2 Å². The number of aliphatic hydroxyl groups is 5. The van der Waals surface area contributed by atoms with Gasteiger partial charge in [0.15, 0.2) is 29.7 Å². The van der Waals surface area contributed by atoms with Crippen molar-refractivity contribution in [2.45, 2.75) is 75.3 Å². The highest BCUT2D eigenvalue weighted by Crippen LogP contribution is 2.40. The first-order valence-corrected chi connectivity index (χ1v) is 13.9. The molecule has 5 rings (SSSR count). The Morgan fingerprint density at radius 2 is 1.54 bits per heavy atom. The Bertz CT molecular complexity index is 1650. The standard InChI is InChI=1S/C29H32O17/c1-9-19(35)22(38)24(40)28(42-9)46-27-23(39)20(36)17(8-41-10(2)30)44-29(27)45-26-21(37)18-15(34)6-12(31)7-16(18)43-25(26)11-3-4-13(32)14(33)5-11/h3-7,9,17,19-20,22-24,27-29,31-36,38-40H,8H2,1-2H3/t9-,17+,19-,20+,22+,23-,24+,27+,28-,29-/m0/s1. The predicted octanol–water partition coefficient (Wildman–Crippen LogP) is -1.12. The number of esters is 1. The van der Waals surface area contributed by atoms with Crippen molar-refractivity contribution in [2.75, 3.05) is 6.61 Å². The Labute approximate surface area is 258 Å². The van der Waals surface area contributed by atoms with Gasteiger partial charge in [-0.15, -0.1) is 0 Å². The molecular weight excluding hydrogens is 620 g/mol. The van der Waals surface area contributed by atoms with E-state index in [0.29, 0.717) is 0 Å². The van der Waals surface area contributed by atoms with Crippen LogP contribution in [0, 0.1) is 0 Å². The molecule has 0 aliphatic carbocycles. The largest absolute Gasteiger partial charge is 0.508 e. The summed E-state index contributed by atoms with van der Waals surface area (Å²) < 4.78 is 33.6. The first-order valence-electron chi connectivity index (χ1n) is 13.9. The molecule has 0 unspecified atom stereocenters. The third-order valence-electron chi connectivity index (χ3n) is 7.58. The molecular formula is C29H32O17. The van der Waals surface area contributed by atoms with Gasteiger partial charge < -0.3 is 74.1 Å². The topological polar surface area (TPSA) is 275 Å². The average Bonchev–Trinajstić information content (AvgIpc) is 2.99. The molecule has 17 nitrogen and oxygen atoms in total. The minimum Gasteiger partial charge on any atom is -0.508 e. The molecule has 250 valence electrons. The zero-order valence-corrected chi connectivity index (χ0v) is 24.2. The van der Waals surface area contributed by atoms with Gasteiger partial charge in [0.2, 0.25) is 17.5 Å². The minimum absolute atomic E-state index is 0.0607. The number of hydrogen-bond acceptors (Lipinski definition) is 17. The van der Waals surface area contributed by atoms with Crippen molar-refractivity contribution in [3.63, 3.8) is 0 Å². The van der Waals surface area contributed by atoms with Crippen molar-refractivity contribution in [3.05, 3.63) is 40.6 Å². The number of rotatable bonds is 7. The highest BCUT2D eigenvalue weighted by atomic mass is 16.8. The fraction of sp³-hybridized carbons (Fsp3) is 0.448. The number of carbonyl (C=O) groups is 1. The lowest BCUT2D eigenvalue weighted by Crippen LogP contribution is -2.64. The molecule has 1 aromatic heterocycles. The second kappa shape index (κ2) is 12.9. The van der Waals surface area contributed by atoms with E-state index in [1.165, 1.54) is 13.0 Å². The Morgan fingerprint density at radius 1 is 0.826 bits per heavy atom. The molecule has 3 heterocycles. The molecule has 46 heavy (non-hydrogen) atoms. The minimum atomic E-state index is -1.95. The van der Waals surface area contributed by atoms with Crippen molar-refractivity contribution in [1.29, 1.82) is 0 Å². The maximum Gasteiger partial charge on any atom is 0.302 e. The van der Waals surface area contributed by atoms with Gasteiger partial charge in [-0.25, -0.2) is 0 Å². The van der Waals surface area contributed by atoms with Crippen LogP contribution in [-0.4, -0.2) is 120 Å². The Kier molecular flexibility index (Phi) is 9.30. The van der Waals surface area contributed by atoms with Crippen LogP contribution in [0.2, 0.25) is 0 Å². The number of fused-ring (bicyclic) bond motifs is 1. The number of carbonyl (C=O) groups excluding carboxylic acids is 1. The molecule has 2 fully saturated rings. The second-order valence-corrected chi connectivity index (χ2v) is 10.9. The molecule has 0 radical (unpaired) electrons. The van der Waals surface area contributed by atoms with Gasteiger partial charge in [0.05, 0.1) is 6.10 Å². The summed E-state index contributed by atoms with van der Waals surface area (Å²) in [5.74, 6) is -4.24. The van der Waals surface area contributed by atoms with Crippen molar-refractivity contribution in [3.8, 4) is 40.1 Å². The summed E-state index contributed by atoms with van der Waals surface area (Å²) in [6, 6.07) is 5.18. The molecule has 3 aromatic rings. The Morgan fingerprint density at radius 3 is 2.22 bits per heavy atom. The van der Waals surface area contributed by atoms with Gasteiger partial charge in [-0.05, 0) is 25.1 Å². The summed E-state index contributed by atoms with van der Waals surface area (Å²) in [7, 11) is 0. The SMILES string of the molecule is CC(=O)OC[C@H]1O[C@@H](Oc2c(-c3ccc(O)c(O)c3)oc3cc(O)cc(O)c3c2=O)[C@H](O[C@@H]2O[C@@H](C)[C@H](O)[C@@H](O)[C@H]2O)[C@@H](O)[C@@H]1O. The first-order chi connectivity index (χ1) is 21.7. The third kappa shape index (κ3) is 6.26. The molecule has 0 spiro atoms. The molecule has 2 aliphatic rings. The Hall–Kier alpha value is -4.20. The zero-order chi connectivity index (χ0) is 33.6. The summed E-state index contributed by atoms with van der Waals surface area (Å²) in [5.41, 5.74) is -1.44. The summed E-state index contributed by atoms with van der Waals surface area (Å²) >= 11 is 0. The zero-order valence-electron chi connectivity index (χ0n) is 24.2. The predicted molar refractivity (Wildman–Crippen MR) is 150 cm³/mol. The van der Waals surface area contributed by atoms with Gasteiger partial charge in [-0.1, -0.05) is 0 Å². The van der Waals surface area contributed by atoms with Crippen LogP contribution in [0.1, 0.15) is 13.8 Å². The summed E-state index contributed by atoms with van der Waals surface area (Å²) in [4.78, 5) is 25.3. The van der Waals surface area contributed by atoms with Gasteiger partial charge in [-0.2, -0.15) is 0 Å². The van der Waals surface area contributed by atoms with Crippen LogP contribution in [0.4, 0.5) is 0 Å². The maximum atomic E-state index is 13.9. The number of phenolic OH excluding ortho intramolecular Hbond substituents is 4. The van der Waals surface area contributed by atoms with Crippen LogP contribution in [0.15, 0.2) is 39.5 Å². The molecule has 0 saturated carbocycles. The number of hydrogen-bond donors (Lipinski definition) is 9. The van der Waals surface area contributed by atoms with E-state index >= 15 is 0 Å². The number of phenols is 4. The average molecular weight is 653 g/mol. The van der Waals surface area contributed by atoms with Crippen LogP contribution in [0.3, 0.4) is 0 Å². The van der Waals surface area contributed by atoms with E-state index in [1.54, 1.807) is 0 Å². The van der Waals surface area contributed by atoms with Gasteiger partial charge in [0.25, 0.3) is 0 Å². The van der Waals surface area contributed by atoms with Crippen LogP contribution < -0.4 is 10.2 Å². The van der Waals surface area contributed by atoms with Gasteiger partial charge in [-0.3, -0.25) is 9.59 Å². The van der Waals surface area contributed by atoms with E-state index in [2.05, 4.69) is 0 Å². The normalized spacial score (nSPS) is 31.5. The first kappa shape index (κ1) is 33.2. The van der Waals surface area contributed by atoms with E-state index in [-0.39, 0.29) is 11.1 Å². The van der Waals surface area contributed by atoms with E-state index in [1.807, 2.05) is 0 Å². The van der Waals surface area contributed by atoms with Crippen molar-refractivity contribution in [2.24, 2.45) is 0 Å². The molecule has 0 bridgehead atoms. The van der Waals surface area contributed by atoms with E-state index in [9.17, 15) is 55.5 Å². The lowest BCUT2D eigenvalue weighted by molar-refractivity contribution is -0.354. The lowest BCUT2D eigenvalue weighted by atomic mass is 9.97. The van der Waals surface area contributed by atoms with Gasteiger partial charge in [0.1, 0.15) is 65.7 Å². The molecule has 0 amide bonds. The molecule has 10 atom stereocenters. The number of aromatic hydroxyl groups is 4. The van der Waals surface area contributed by atoms with E-state index < -0.39 is 119 Å². The van der Waals surface area contributed by atoms with Crippen molar-refractivity contribution < 1.29 is 78.9 Å². The second-order valence-electron chi connectivity index (χ2n) is 10.9. The fourth-order valence-electron chi connectivity index (χ4n) is 5.11. The molecule has 2 aliphatic heterocycles. The van der Waals surface area contributed by atoms with Crippen LogP contribution >= 0.6 is 0 Å². The van der Waals surface area contributed by atoms with Crippen molar-refractivity contribution in [1.82, 2.24) is 0 Å². The number of aliphatic hydroxyl groups excluding tert-OH is 5. The van der Waals surface area contributed by atoms with Crippen LogP contribution in [0.5, 0.6) is 28.7 Å². The number of ether oxygens (including phenoxy) is 5. The summed E-state index contributed by atoms with van der Waals surface area (Å²) in [5, 5.41) is 92.8. The quantitative estimate of drug-likeness (QED) is 0.108. The van der Waals surface area contributed by atoms with Gasteiger partial charge >= 0.3 is 5.97 Å². The molecule has 9 N–H and O–H groups in total. The van der Waals surface area contributed by atoms with E-state index in [4.69, 9.17) is 28.1 Å². The third-order valence-corrected chi connectivity index (χ3v) is 7.58. The molecule has 2 saturated heterocycles. The molecule has 2 aromatic carbocycles. The highest BCUT2D eigenvalue weighted by molar-refractivity contribution is 5.88. The van der Waals surface area contributed by atoms with Gasteiger partial charge in [0, 0.05) is 24.6 Å².